The van der Waals surface area contributed by atoms with Gasteiger partial charge in [0.05, 0.1) is 23.6 Å². The summed E-state index contributed by atoms with van der Waals surface area (Å²) in [6, 6.07) is 21.1. The van der Waals surface area contributed by atoms with E-state index in [-0.39, 0.29) is 23.0 Å². The molecule has 0 saturated heterocycles. The monoisotopic (exact) mass is 472 g/mol. The van der Waals surface area contributed by atoms with Crippen molar-refractivity contribution in [2.45, 2.75) is 24.9 Å². The fourth-order valence-corrected chi connectivity index (χ4v) is 4.94. The Bertz CT molecular complexity index is 1180. The van der Waals surface area contributed by atoms with Gasteiger partial charge in [0.2, 0.25) is 15.9 Å². The summed E-state index contributed by atoms with van der Waals surface area (Å²) in [5, 5.41) is 2.98. The number of halogens is 1. The topological polar surface area (TPSA) is 75.7 Å². The number of nitrogens with one attached hydrogen (secondary N) is 1. The summed E-state index contributed by atoms with van der Waals surface area (Å²) < 4.78 is 33.0. The third-order valence-electron chi connectivity index (χ3n) is 4.85. The van der Waals surface area contributed by atoms with Gasteiger partial charge in [0.25, 0.3) is 0 Å². The molecule has 0 heterocycles. The maximum atomic E-state index is 13.4. The highest BCUT2D eigenvalue weighted by Gasteiger charge is 2.27. The van der Waals surface area contributed by atoms with Gasteiger partial charge in [-0.05, 0) is 36.2 Å². The molecule has 0 atom stereocenters. The molecule has 6 nitrogen and oxygen atoms in total. The molecule has 3 aromatic carbocycles. The van der Waals surface area contributed by atoms with E-state index in [2.05, 4.69) is 5.32 Å². The Kier molecular flexibility index (Phi) is 7.90. The summed E-state index contributed by atoms with van der Waals surface area (Å²) in [5.41, 5.74) is 2.79. The van der Waals surface area contributed by atoms with Crippen molar-refractivity contribution in [2.24, 2.45) is 0 Å². The first kappa shape index (κ1) is 23.8. The van der Waals surface area contributed by atoms with Gasteiger partial charge in [-0.15, -0.1) is 0 Å². The molecule has 32 heavy (non-hydrogen) atoms. The Balaban J connectivity index is 1.82. The molecule has 0 unspecified atom stereocenters. The van der Waals surface area contributed by atoms with Crippen LogP contribution < -0.4 is 10.1 Å². The van der Waals surface area contributed by atoms with E-state index in [0.29, 0.717) is 12.3 Å². The van der Waals surface area contributed by atoms with Crippen molar-refractivity contribution < 1.29 is 17.9 Å². The number of sulfonamides is 1. The Hall–Kier alpha value is -2.87. The largest absolute Gasteiger partial charge is 0.495 e. The maximum absolute atomic E-state index is 13.4. The molecule has 1 amide bonds. The lowest BCUT2D eigenvalue weighted by Gasteiger charge is -2.22. The number of hydrogen-bond donors (Lipinski definition) is 1. The number of methoxy groups -OCH3 is 1. The number of amides is 1. The van der Waals surface area contributed by atoms with Crippen LogP contribution in [0.5, 0.6) is 5.75 Å². The van der Waals surface area contributed by atoms with E-state index < -0.39 is 15.9 Å². The molecule has 0 saturated carbocycles. The Morgan fingerprint density at radius 1 is 1.00 bits per heavy atom. The van der Waals surface area contributed by atoms with Gasteiger partial charge in [0.15, 0.2) is 0 Å². The number of ether oxygens (including phenoxy) is 1. The third-order valence-corrected chi connectivity index (χ3v) is 6.94. The standard InChI is InChI=1S/C24H25ClN2O4S/c1-18-7-6-10-20(13-18)15-26-24(28)17-27(16-19-8-4-3-5-9-19)32(29,30)21-11-12-23(31-2)22(25)14-21/h3-14H,15-17H2,1-2H3,(H,26,28). The molecule has 1 N–H and O–H groups in total. The van der Waals surface area contributed by atoms with Crippen LogP contribution in [0.3, 0.4) is 0 Å². The number of carbonyl (C=O) groups excluding carboxylic acids is 1. The van der Waals surface area contributed by atoms with Crippen molar-refractivity contribution in [3.63, 3.8) is 0 Å². The lowest BCUT2D eigenvalue weighted by atomic mass is 10.1. The quantitative estimate of drug-likeness (QED) is 0.507. The number of carbonyl (C=O) groups is 1. The van der Waals surface area contributed by atoms with Crippen LogP contribution in [0.2, 0.25) is 5.02 Å². The molecular formula is C24H25ClN2O4S. The van der Waals surface area contributed by atoms with Crippen molar-refractivity contribution in [1.29, 1.82) is 0 Å². The average molecular weight is 473 g/mol. The molecule has 0 fully saturated rings. The van der Waals surface area contributed by atoms with Gasteiger partial charge in [0.1, 0.15) is 5.75 Å². The van der Waals surface area contributed by atoms with Gasteiger partial charge in [-0.3, -0.25) is 4.79 Å². The highest BCUT2D eigenvalue weighted by atomic mass is 35.5. The summed E-state index contributed by atoms with van der Waals surface area (Å²) in [4.78, 5) is 12.7. The Labute approximate surface area is 193 Å². The van der Waals surface area contributed by atoms with E-state index >= 15 is 0 Å². The predicted molar refractivity (Wildman–Crippen MR) is 125 cm³/mol. The number of aryl methyl sites for hydroxylation is 1. The average Bonchev–Trinajstić information content (AvgIpc) is 2.78. The highest BCUT2D eigenvalue weighted by molar-refractivity contribution is 7.89. The van der Waals surface area contributed by atoms with Crippen LogP contribution in [0, 0.1) is 6.92 Å². The zero-order valence-corrected chi connectivity index (χ0v) is 19.5. The number of benzene rings is 3. The van der Waals surface area contributed by atoms with Crippen molar-refractivity contribution >= 4 is 27.5 Å². The second-order valence-corrected chi connectivity index (χ2v) is 9.67. The van der Waals surface area contributed by atoms with Crippen LogP contribution >= 0.6 is 11.6 Å². The van der Waals surface area contributed by atoms with E-state index in [4.69, 9.17) is 16.3 Å². The van der Waals surface area contributed by atoms with Crippen molar-refractivity contribution in [3.8, 4) is 5.75 Å². The highest BCUT2D eigenvalue weighted by Crippen LogP contribution is 2.29. The summed E-state index contributed by atoms with van der Waals surface area (Å²) >= 11 is 6.15. The Morgan fingerprint density at radius 3 is 2.38 bits per heavy atom. The summed E-state index contributed by atoms with van der Waals surface area (Å²) in [7, 11) is -2.54. The molecule has 0 aromatic heterocycles. The van der Waals surface area contributed by atoms with Crippen LogP contribution in [-0.4, -0.2) is 32.3 Å². The second-order valence-electron chi connectivity index (χ2n) is 7.32. The molecule has 168 valence electrons. The lowest BCUT2D eigenvalue weighted by molar-refractivity contribution is -0.121. The predicted octanol–water partition coefficient (Wildman–Crippen LogP) is 4.16. The minimum atomic E-state index is -4.00. The first-order chi connectivity index (χ1) is 15.3. The molecule has 3 aromatic rings. The number of hydrogen-bond acceptors (Lipinski definition) is 4. The molecule has 0 spiro atoms. The second kappa shape index (κ2) is 10.6. The number of rotatable bonds is 9. The minimum absolute atomic E-state index is 0.00860. The van der Waals surface area contributed by atoms with Gasteiger partial charge in [-0.2, -0.15) is 4.31 Å². The normalized spacial score (nSPS) is 11.4. The van der Waals surface area contributed by atoms with Crippen LogP contribution in [-0.2, 0) is 27.9 Å². The molecule has 0 aliphatic heterocycles. The van der Waals surface area contributed by atoms with Crippen molar-refractivity contribution in [3.05, 3.63) is 94.5 Å². The first-order valence-electron chi connectivity index (χ1n) is 9.99. The SMILES string of the molecule is COc1ccc(S(=O)(=O)N(CC(=O)NCc2cccc(C)c2)Cc2ccccc2)cc1Cl. The van der Waals surface area contributed by atoms with Gasteiger partial charge < -0.3 is 10.1 Å². The zero-order valence-electron chi connectivity index (χ0n) is 17.9. The molecule has 3 rings (SSSR count). The molecule has 0 aliphatic carbocycles. The third kappa shape index (κ3) is 6.09. The van der Waals surface area contributed by atoms with Crippen LogP contribution in [0.25, 0.3) is 0 Å². The van der Waals surface area contributed by atoms with Crippen molar-refractivity contribution in [1.82, 2.24) is 9.62 Å². The van der Waals surface area contributed by atoms with E-state index in [9.17, 15) is 13.2 Å². The Morgan fingerprint density at radius 2 is 1.72 bits per heavy atom. The van der Waals surface area contributed by atoms with E-state index in [0.717, 1.165) is 21.0 Å². The van der Waals surface area contributed by atoms with Gasteiger partial charge in [-0.1, -0.05) is 71.8 Å². The minimum Gasteiger partial charge on any atom is -0.495 e. The van der Waals surface area contributed by atoms with E-state index in [1.165, 1.54) is 25.3 Å². The number of nitrogens with zero attached hydrogens (tertiary/aromatic N) is 1. The van der Waals surface area contributed by atoms with Gasteiger partial charge in [0, 0.05) is 13.1 Å². The fourth-order valence-electron chi connectivity index (χ4n) is 3.21. The van der Waals surface area contributed by atoms with Crippen molar-refractivity contribution in [2.75, 3.05) is 13.7 Å². The van der Waals surface area contributed by atoms with E-state index in [1.54, 1.807) is 0 Å². The van der Waals surface area contributed by atoms with E-state index in [1.807, 2.05) is 61.5 Å². The van der Waals surface area contributed by atoms with Crippen LogP contribution in [0.1, 0.15) is 16.7 Å². The molecule has 0 aliphatic rings. The molecular weight excluding hydrogens is 448 g/mol. The molecule has 8 heteroatoms. The van der Waals surface area contributed by atoms with Crippen LogP contribution in [0.4, 0.5) is 0 Å². The summed E-state index contributed by atoms with van der Waals surface area (Å²) in [5.74, 6) is -0.0262. The fraction of sp³-hybridized carbons (Fsp3) is 0.208. The molecule has 0 radical (unpaired) electrons. The zero-order chi connectivity index (χ0) is 23.1. The lowest BCUT2D eigenvalue weighted by Crippen LogP contribution is -2.40. The summed E-state index contributed by atoms with van der Waals surface area (Å²) in [6.07, 6.45) is 0. The summed E-state index contributed by atoms with van der Waals surface area (Å²) in [6.45, 7) is 2.00. The van der Waals surface area contributed by atoms with Crippen LogP contribution in [0.15, 0.2) is 77.7 Å². The van der Waals surface area contributed by atoms with Gasteiger partial charge >= 0.3 is 0 Å². The first-order valence-corrected chi connectivity index (χ1v) is 11.8. The van der Waals surface area contributed by atoms with Gasteiger partial charge in [-0.25, -0.2) is 8.42 Å². The smallest absolute Gasteiger partial charge is 0.243 e. The molecule has 0 bridgehead atoms. The maximum Gasteiger partial charge on any atom is 0.243 e.